The summed E-state index contributed by atoms with van der Waals surface area (Å²) in [6, 6.07) is -0.466. The maximum Gasteiger partial charge on any atom is 0.323 e. The summed E-state index contributed by atoms with van der Waals surface area (Å²) in [5.41, 5.74) is 0. The molecule has 6 nitrogen and oxygen atoms in total. The molecule has 2 rings (SSSR count). The minimum atomic E-state index is -3.12. The van der Waals surface area contributed by atoms with Gasteiger partial charge in [0.25, 0.3) is 0 Å². The Balaban J connectivity index is 2.10. The molecule has 0 spiro atoms. The van der Waals surface area contributed by atoms with Crippen molar-refractivity contribution in [1.29, 1.82) is 0 Å². The molecular formula is C11H17NO5S. The summed E-state index contributed by atoms with van der Waals surface area (Å²) in [6.45, 7) is 1.54. The van der Waals surface area contributed by atoms with Crippen molar-refractivity contribution in [2.45, 2.75) is 25.8 Å². The molecule has 0 aromatic heterocycles. The summed E-state index contributed by atoms with van der Waals surface area (Å²) in [7, 11) is -3.12. The fraction of sp³-hybridized carbons (Fsp3) is 0.818. The Labute approximate surface area is 106 Å². The van der Waals surface area contributed by atoms with Crippen LogP contribution in [-0.4, -0.2) is 54.4 Å². The standard InChI is InChI=1S/C11H17NO5S/c1-7-4-9(7)11(15)12(5-10(13)14)8-2-3-18(16,17)6-8/h7-9H,2-6H2,1H3,(H,13,14). The lowest BCUT2D eigenvalue weighted by molar-refractivity contribution is -0.146. The number of hydrogen-bond acceptors (Lipinski definition) is 4. The molecule has 1 amide bonds. The topological polar surface area (TPSA) is 91.8 Å². The van der Waals surface area contributed by atoms with Crippen LogP contribution in [0.4, 0.5) is 0 Å². The first-order valence-electron chi connectivity index (χ1n) is 6.03. The molecule has 0 aromatic carbocycles. The number of carbonyl (C=O) groups excluding carboxylic acids is 1. The van der Waals surface area contributed by atoms with E-state index in [1.54, 1.807) is 0 Å². The number of carboxylic acids is 1. The van der Waals surface area contributed by atoms with E-state index in [2.05, 4.69) is 0 Å². The average Bonchev–Trinajstić information content (AvgIpc) is 2.86. The highest BCUT2D eigenvalue weighted by Crippen LogP contribution is 2.40. The van der Waals surface area contributed by atoms with Crippen molar-refractivity contribution >= 4 is 21.7 Å². The second-order valence-corrected chi connectivity index (χ2v) is 7.46. The van der Waals surface area contributed by atoms with E-state index >= 15 is 0 Å². The van der Waals surface area contributed by atoms with Gasteiger partial charge in [-0.15, -0.1) is 0 Å². The molecule has 3 unspecified atom stereocenters. The lowest BCUT2D eigenvalue weighted by atomic mass is 10.2. The van der Waals surface area contributed by atoms with E-state index < -0.39 is 28.4 Å². The first kappa shape index (κ1) is 13.3. The Morgan fingerprint density at radius 2 is 2.00 bits per heavy atom. The Morgan fingerprint density at radius 3 is 2.39 bits per heavy atom. The average molecular weight is 275 g/mol. The zero-order chi connectivity index (χ0) is 13.5. The monoisotopic (exact) mass is 275 g/mol. The molecule has 3 atom stereocenters. The SMILES string of the molecule is CC1CC1C(=O)N(CC(=O)O)C1CCS(=O)(=O)C1. The van der Waals surface area contributed by atoms with Crippen LogP contribution in [0.15, 0.2) is 0 Å². The summed E-state index contributed by atoms with van der Waals surface area (Å²) in [4.78, 5) is 24.2. The van der Waals surface area contributed by atoms with Crippen LogP contribution in [-0.2, 0) is 19.4 Å². The molecule has 1 aliphatic heterocycles. The van der Waals surface area contributed by atoms with Crippen LogP contribution in [0.25, 0.3) is 0 Å². The van der Waals surface area contributed by atoms with Crippen LogP contribution < -0.4 is 0 Å². The predicted octanol–water partition coefficient (Wildman–Crippen LogP) is -0.257. The van der Waals surface area contributed by atoms with Gasteiger partial charge in [0.15, 0.2) is 9.84 Å². The Kier molecular flexibility index (Phi) is 3.35. The fourth-order valence-corrected chi connectivity index (χ4v) is 4.16. The molecule has 18 heavy (non-hydrogen) atoms. The van der Waals surface area contributed by atoms with Crippen molar-refractivity contribution in [3.8, 4) is 0 Å². The van der Waals surface area contributed by atoms with Crippen LogP contribution in [0.1, 0.15) is 19.8 Å². The van der Waals surface area contributed by atoms with Crippen LogP contribution in [0, 0.1) is 11.8 Å². The second-order valence-electron chi connectivity index (χ2n) is 5.24. The molecule has 102 valence electrons. The molecule has 1 N–H and O–H groups in total. The van der Waals surface area contributed by atoms with Crippen molar-refractivity contribution < 1.29 is 23.1 Å². The number of carboxylic acid groups (broad SMARTS) is 1. The van der Waals surface area contributed by atoms with Crippen molar-refractivity contribution in [1.82, 2.24) is 4.90 Å². The number of hydrogen-bond donors (Lipinski definition) is 1. The van der Waals surface area contributed by atoms with E-state index in [9.17, 15) is 18.0 Å². The van der Waals surface area contributed by atoms with Gasteiger partial charge in [-0.05, 0) is 18.8 Å². The number of carbonyl (C=O) groups is 2. The van der Waals surface area contributed by atoms with Gasteiger partial charge >= 0.3 is 5.97 Å². The first-order valence-corrected chi connectivity index (χ1v) is 7.85. The van der Waals surface area contributed by atoms with Gasteiger partial charge in [0, 0.05) is 12.0 Å². The van der Waals surface area contributed by atoms with Gasteiger partial charge in [-0.3, -0.25) is 9.59 Å². The van der Waals surface area contributed by atoms with E-state index in [-0.39, 0.29) is 29.2 Å². The van der Waals surface area contributed by atoms with Crippen LogP contribution in [0.5, 0.6) is 0 Å². The quantitative estimate of drug-likeness (QED) is 0.763. The van der Waals surface area contributed by atoms with Gasteiger partial charge in [0.05, 0.1) is 11.5 Å². The number of aliphatic carboxylic acids is 1. The Morgan fingerprint density at radius 1 is 1.39 bits per heavy atom. The van der Waals surface area contributed by atoms with Crippen molar-refractivity contribution in [3.63, 3.8) is 0 Å². The fourth-order valence-electron chi connectivity index (χ4n) is 2.43. The highest BCUT2D eigenvalue weighted by Gasteiger charge is 2.45. The van der Waals surface area contributed by atoms with Crippen LogP contribution in [0.2, 0.25) is 0 Å². The van der Waals surface area contributed by atoms with Gasteiger partial charge in [-0.25, -0.2) is 8.42 Å². The van der Waals surface area contributed by atoms with Crippen LogP contribution >= 0.6 is 0 Å². The molecule has 1 saturated heterocycles. The normalized spacial score (nSPS) is 33.1. The minimum Gasteiger partial charge on any atom is -0.480 e. The second kappa shape index (κ2) is 4.53. The molecule has 1 heterocycles. The third-order valence-electron chi connectivity index (χ3n) is 3.66. The van der Waals surface area contributed by atoms with E-state index in [1.165, 1.54) is 4.90 Å². The zero-order valence-electron chi connectivity index (χ0n) is 10.2. The molecule has 1 saturated carbocycles. The van der Waals surface area contributed by atoms with Crippen molar-refractivity contribution in [3.05, 3.63) is 0 Å². The highest BCUT2D eigenvalue weighted by atomic mass is 32.2. The summed E-state index contributed by atoms with van der Waals surface area (Å²) < 4.78 is 22.8. The van der Waals surface area contributed by atoms with E-state index in [1.807, 2.05) is 6.92 Å². The predicted molar refractivity (Wildman–Crippen MR) is 63.7 cm³/mol. The summed E-state index contributed by atoms with van der Waals surface area (Å²) >= 11 is 0. The van der Waals surface area contributed by atoms with Gasteiger partial charge in [-0.2, -0.15) is 0 Å². The first-order chi connectivity index (χ1) is 8.30. The van der Waals surface area contributed by atoms with Gasteiger partial charge in [-0.1, -0.05) is 6.92 Å². The van der Waals surface area contributed by atoms with E-state index in [0.717, 1.165) is 6.42 Å². The summed E-state index contributed by atoms with van der Waals surface area (Å²) in [5.74, 6) is -1.19. The highest BCUT2D eigenvalue weighted by molar-refractivity contribution is 7.91. The number of amides is 1. The third kappa shape index (κ3) is 2.82. The van der Waals surface area contributed by atoms with Crippen molar-refractivity contribution in [2.24, 2.45) is 11.8 Å². The van der Waals surface area contributed by atoms with Crippen molar-refractivity contribution in [2.75, 3.05) is 18.1 Å². The summed E-state index contributed by atoms with van der Waals surface area (Å²) in [6.07, 6.45) is 1.12. The van der Waals surface area contributed by atoms with E-state index in [4.69, 9.17) is 5.11 Å². The maximum absolute atomic E-state index is 12.1. The Bertz CT molecular complexity index is 472. The smallest absolute Gasteiger partial charge is 0.323 e. The zero-order valence-corrected chi connectivity index (χ0v) is 11.0. The van der Waals surface area contributed by atoms with Gasteiger partial charge in [0.2, 0.25) is 5.91 Å². The summed E-state index contributed by atoms with van der Waals surface area (Å²) in [5, 5.41) is 8.85. The minimum absolute atomic E-state index is 0.0429. The molecule has 0 bridgehead atoms. The lowest BCUT2D eigenvalue weighted by Crippen LogP contribution is -2.45. The van der Waals surface area contributed by atoms with Gasteiger partial charge in [0.1, 0.15) is 6.54 Å². The molecule has 2 fully saturated rings. The molecule has 1 aliphatic carbocycles. The van der Waals surface area contributed by atoms with Crippen LogP contribution in [0.3, 0.4) is 0 Å². The largest absolute Gasteiger partial charge is 0.480 e. The maximum atomic E-state index is 12.1. The molecule has 0 aromatic rings. The number of sulfone groups is 1. The third-order valence-corrected chi connectivity index (χ3v) is 5.41. The van der Waals surface area contributed by atoms with E-state index in [0.29, 0.717) is 6.42 Å². The Hall–Kier alpha value is -1.11. The number of rotatable bonds is 4. The molecule has 7 heteroatoms. The van der Waals surface area contributed by atoms with Gasteiger partial charge < -0.3 is 10.0 Å². The molecule has 2 aliphatic rings. The molecular weight excluding hydrogens is 258 g/mol. The number of nitrogens with zero attached hydrogens (tertiary/aromatic N) is 1. The lowest BCUT2D eigenvalue weighted by Gasteiger charge is -2.26. The molecule has 0 radical (unpaired) electrons.